The monoisotopic (exact) mass is 432 g/mol. The SMILES string of the molecule is CC(C)(C)C12CC3(c4ccc(O)cc4)CC(c4ccc(O)cc4)(C1)CC(C(C)(C)C)(C3)C2. The molecule has 0 unspecified atom stereocenters. The van der Waals surface area contributed by atoms with E-state index in [9.17, 15) is 10.2 Å². The lowest BCUT2D eigenvalue weighted by Gasteiger charge is -2.76. The van der Waals surface area contributed by atoms with Crippen LogP contribution >= 0.6 is 0 Å². The topological polar surface area (TPSA) is 40.5 Å². The molecule has 2 N–H and O–H groups in total. The summed E-state index contributed by atoms with van der Waals surface area (Å²) in [6.07, 6.45) is 7.37. The van der Waals surface area contributed by atoms with Crippen molar-refractivity contribution in [2.45, 2.75) is 90.9 Å². The Bertz CT molecular complexity index is 919. The van der Waals surface area contributed by atoms with Crippen LogP contribution in [0.25, 0.3) is 0 Å². The van der Waals surface area contributed by atoms with E-state index in [0.717, 1.165) is 6.42 Å². The van der Waals surface area contributed by atoms with Crippen molar-refractivity contribution in [3.8, 4) is 11.5 Å². The first kappa shape index (κ1) is 21.9. The Labute approximate surface area is 194 Å². The van der Waals surface area contributed by atoms with Gasteiger partial charge < -0.3 is 10.2 Å². The molecule has 4 aliphatic rings. The maximum Gasteiger partial charge on any atom is 0.115 e. The molecule has 2 heteroatoms. The van der Waals surface area contributed by atoms with Crippen LogP contribution in [-0.2, 0) is 10.8 Å². The van der Waals surface area contributed by atoms with Crippen molar-refractivity contribution in [1.29, 1.82) is 0 Å². The minimum atomic E-state index is 0.112. The molecule has 0 amide bonds. The van der Waals surface area contributed by atoms with Crippen molar-refractivity contribution in [3.63, 3.8) is 0 Å². The van der Waals surface area contributed by atoms with Crippen molar-refractivity contribution < 1.29 is 10.2 Å². The van der Waals surface area contributed by atoms with Crippen LogP contribution in [0.1, 0.15) is 91.2 Å². The maximum absolute atomic E-state index is 10.0. The molecule has 0 spiro atoms. The summed E-state index contributed by atoms with van der Waals surface area (Å²) in [5.41, 5.74) is 3.95. The Balaban J connectivity index is 1.79. The Kier molecular flexibility index (Phi) is 4.33. The van der Waals surface area contributed by atoms with E-state index >= 15 is 0 Å². The molecule has 4 saturated carbocycles. The zero-order chi connectivity index (χ0) is 23.2. The average Bonchev–Trinajstić information content (AvgIpc) is 2.66. The van der Waals surface area contributed by atoms with Gasteiger partial charge in [-0.15, -0.1) is 0 Å². The highest BCUT2D eigenvalue weighted by Crippen LogP contribution is 2.80. The summed E-state index contributed by atoms with van der Waals surface area (Å²) < 4.78 is 0. The molecule has 4 fully saturated rings. The van der Waals surface area contributed by atoms with Crippen molar-refractivity contribution in [1.82, 2.24) is 0 Å². The molecule has 2 nitrogen and oxygen atoms in total. The molecule has 0 atom stereocenters. The molecule has 0 aromatic heterocycles. The van der Waals surface area contributed by atoms with Crippen LogP contribution < -0.4 is 0 Å². The summed E-state index contributed by atoms with van der Waals surface area (Å²) in [7, 11) is 0. The van der Waals surface area contributed by atoms with Crippen LogP contribution in [0.15, 0.2) is 48.5 Å². The van der Waals surface area contributed by atoms with E-state index in [1.807, 2.05) is 24.3 Å². The van der Waals surface area contributed by atoms with Crippen LogP contribution in [0, 0.1) is 21.7 Å². The molecule has 0 radical (unpaired) electrons. The zero-order valence-electron chi connectivity index (χ0n) is 20.8. The fourth-order valence-corrected chi connectivity index (χ4v) is 8.47. The lowest BCUT2D eigenvalue weighted by atomic mass is 9.28. The van der Waals surface area contributed by atoms with E-state index in [-0.39, 0.29) is 32.5 Å². The van der Waals surface area contributed by atoms with E-state index in [1.54, 1.807) is 0 Å². The molecule has 4 aliphatic carbocycles. The summed E-state index contributed by atoms with van der Waals surface area (Å²) in [4.78, 5) is 0. The first-order valence-corrected chi connectivity index (χ1v) is 12.3. The van der Waals surface area contributed by atoms with Gasteiger partial charge in [-0.05, 0) is 106 Å². The van der Waals surface area contributed by atoms with Crippen LogP contribution in [0.3, 0.4) is 0 Å². The first-order valence-electron chi connectivity index (χ1n) is 12.3. The molecular weight excluding hydrogens is 392 g/mol. The smallest absolute Gasteiger partial charge is 0.115 e. The van der Waals surface area contributed by atoms with Gasteiger partial charge in [0.1, 0.15) is 11.5 Å². The van der Waals surface area contributed by atoms with E-state index in [0.29, 0.717) is 11.5 Å². The number of benzene rings is 2. The van der Waals surface area contributed by atoms with Crippen LogP contribution in [0.2, 0.25) is 0 Å². The number of hydrogen-bond donors (Lipinski definition) is 2. The van der Waals surface area contributed by atoms with E-state index in [1.165, 1.54) is 43.2 Å². The number of rotatable bonds is 2. The molecule has 0 aliphatic heterocycles. The highest BCUT2D eigenvalue weighted by atomic mass is 16.3. The molecular formula is C30H40O2. The summed E-state index contributed by atoms with van der Waals surface area (Å²) in [5, 5.41) is 20.1. The number of aromatic hydroxyl groups is 2. The van der Waals surface area contributed by atoms with Crippen molar-refractivity contribution in [2.24, 2.45) is 21.7 Å². The van der Waals surface area contributed by atoms with Crippen molar-refractivity contribution in [2.75, 3.05) is 0 Å². The Hall–Kier alpha value is -1.96. The lowest BCUT2D eigenvalue weighted by molar-refractivity contribution is -0.214. The van der Waals surface area contributed by atoms with Crippen LogP contribution in [0.5, 0.6) is 11.5 Å². The Morgan fingerprint density at radius 1 is 0.500 bits per heavy atom. The van der Waals surface area contributed by atoms with Gasteiger partial charge in [-0.1, -0.05) is 65.8 Å². The predicted molar refractivity (Wildman–Crippen MR) is 131 cm³/mol. The minimum absolute atomic E-state index is 0.112. The molecule has 32 heavy (non-hydrogen) atoms. The summed E-state index contributed by atoms with van der Waals surface area (Å²) in [5.74, 6) is 0.700. The van der Waals surface area contributed by atoms with Gasteiger partial charge in [0.25, 0.3) is 0 Å². The normalized spacial score (nSPS) is 36.4. The third kappa shape index (κ3) is 2.90. The van der Waals surface area contributed by atoms with Gasteiger partial charge in [0.15, 0.2) is 0 Å². The summed E-state index contributed by atoms with van der Waals surface area (Å²) in [6, 6.07) is 16.3. The predicted octanol–water partition coefficient (Wildman–Crippen LogP) is 7.72. The molecule has 2 aromatic carbocycles. The van der Waals surface area contributed by atoms with Gasteiger partial charge in [-0.2, -0.15) is 0 Å². The van der Waals surface area contributed by atoms with Gasteiger partial charge in [0.05, 0.1) is 0 Å². The van der Waals surface area contributed by atoms with Crippen LogP contribution in [0.4, 0.5) is 0 Å². The second-order valence-corrected chi connectivity index (χ2v) is 13.8. The molecule has 4 bridgehead atoms. The third-order valence-electron chi connectivity index (χ3n) is 10.2. The fraction of sp³-hybridized carbons (Fsp3) is 0.600. The van der Waals surface area contributed by atoms with Gasteiger partial charge in [0.2, 0.25) is 0 Å². The largest absolute Gasteiger partial charge is 0.508 e. The zero-order valence-corrected chi connectivity index (χ0v) is 20.8. The van der Waals surface area contributed by atoms with Crippen molar-refractivity contribution in [3.05, 3.63) is 59.7 Å². The highest BCUT2D eigenvalue weighted by Gasteiger charge is 2.72. The molecule has 6 rings (SSSR count). The van der Waals surface area contributed by atoms with Gasteiger partial charge in [0, 0.05) is 0 Å². The molecule has 2 aromatic rings. The minimum Gasteiger partial charge on any atom is -0.508 e. The standard InChI is InChI=1S/C30H40O2/c1-25(2,3)29-16-27(21-7-11-23(31)12-8-21)15-28(17-29,22-9-13-24(32)14-10-22)19-30(18-27,20-29)26(4,5)6/h7-14,31-32H,15-20H2,1-6H3. The number of phenolic OH excluding ortho intramolecular Hbond substituents is 2. The highest BCUT2D eigenvalue weighted by molar-refractivity contribution is 5.43. The Morgan fingerprint density at radius 2 is 0.812 bits per heavy atom. The maximum atomic E-state index is 10.0. The molecule has 0 saturated heterocycles. The van der Waals surface area contributed by atoms with E-state index < -0.39 is 0 Å². The van der Waals surface area contributed by atoms with E-state index in [2.05, 4.69) is 65.8 Å². The second-order valence-electron chi connectivity index (χ2n) is 13.8. The quantitative estimate of drug-likeness (QED) is 0.510. The third-order valence-corrected chi connectivity index (χ3v) is 10.2. The van der Waals surface area contributed by atoms with Crippen LogP contribution in [-0.4, -0.2) is 10.2 Å². The van der Waals surface area contributed by atoms with Gasteiger partial charge in [-0.3, -0.25) is 0 Å². The Morgan fingerprint density at radius 3 is 1.09 bits per heavy atom. The lowest BCUT2D eigenvalue weighted by Crippen LogP contribution is -2.69. The van der Waals surface area contributed by atoms with E-state index in [4.69, 9.17) is 0 Å². The van der Waals surface area contributed by atoms with Gasteiger partial charge >= 0.3 is 0 Å². The molecule has 172 valence electrons. The first-order chi connectivity index (χ1) is 14.7. The second kappa shape index (κ2) is 6.33. The van der Waals surface area contributed by atoms with Crippen molar-refractivity contribution >= 4 is 0 Å². The van der Waals surface area contributed by atoms with Gasteiger partial charge in [-0.25, -0.2) is 0 Å². The number of hydrogen-bond acceptors (Lipinski definition) is 2. The molecule has 0 heterocycles. The summed E-state index contributed by atoms with van der Waals surface area (Å²) >= 11 is 0. The summed E-state index contributed by atoms with van der Waals surface area (Å²) in [6.45, 7) is 14.8. The fourth-order valence-electron chi connectivity index (χ4n) is 8.47. The average molecular weight is 433 g/mol. The number of phenols is 2.